The van der Waals surface area contributed by atoms with Gasteiger partial charge in [0, 0.05) is 29.9 Å². The van der Waals surface area contributed by atoms with E-state index in [2.05, 4.69) is 20.5 Å². The number of pyridine rings is 1. The number of aryl methyl sites for hydroxylation is 3. The van der Waals surface area contributed by atoms with Gasteiger partial charge in [0.15, 0.2) is 5.65 Å². The van der Waals surface area contributed by atoms with Gasteiger partial charge in [0.2, 0.25) is 5.91 Å². The van der Waals surface area contributed by atoms with Gasteiger partial charge in [-0.3, -0.25) is 9.48 Å². The molecule has 1 fully saturated rings. The lowest BCUT2D eigenvalue weighted by atomic mass is 10.1. The monoisotopic (exact) mass is 434 g/mol. The number of fused-ring (bicyclic) bond motifs is 1. The van der Waals surface area contributed by atoms with Gasteiger partial charge in [-0.1, -0.05) is 0 Å². The van der Waals surface area contributed by atoms with E-state index in [1.54, 1.807) is 4.68 Å². The van der Waals surface area contributed by atoms with Crippen LogP contribution in [-0.4, -0.2) is 30.5 Å². The molecular weight excluding hydrogens is 409 g/mol. The summed E-state index contributed by atoms with van der Waals surface area (Å²) in [6.45, 7) is 7.71. The minimum absolute atomic E-state index is 0.0427. The Kier molecular flexibility index (Phi) is 5.26. The van der Waals surface area contributed by atoms with Crippen molar-refractivity contribution in [1.29, 1.82) is 0 Å². The lowest BCUT2D eigenvalue weighted by molar-refractivity contribution is -0.136. The molecule has 166 valence electrons. The van der Waals surface area contributed by atoms with Gasteiger partial charge in [-0.2, -0.15) is 23.4 Å². The van der Waals surface area contributed by atoms with Gasteiger partial charge in [-0.15, -0.1) is 0 Å². The lowest BCUT2D eigenvalue weighted by Crippen LogP contribution is -2.30. The third-order valence-corrected chi connectivity index (χ3v) is 5.64. The second-order valence-corrected chi connectivity index (χ2v) is 8.12. The normalized spacial score (nSPS) is 15.5. The molecule has 1 aliphatic carbocycles. The Hall–Kier alpha value is -2.91. The first-order valence-electron chi connectivity index (χ1n) is 10.4. The molecule has 1 amide bonds. The Morgan fingerprint density at radius 2 is 1.97 bits per heavy atom. The van der Waals surface area contributed by atoms with Crippen molar-refractivity contribution in [2.45, 2.75) is 71.8 Å². The van der Waals surface area contributed by atoms with Crippen LogP contribution in [0.15, 0.2) is 12.3 Å². The molecule has 1 saturated carbocycles. The van der Waals surface area contributed by atoms with Crippen molar-refractivity contribution < 1.29 is 18.0 Å². The van der Waals surface area contributed by atoms with Crippen LogP contribution in [0.1, 0.15) is 66.9 Å². The minimum atomic E-state index is -4.52. The van der Waals surface area contributed by atoms with E-state index in [4.69, 9.17) is 0 Å². The predicted octanol–water partition coefficient (Wildman–Crippen LogP) is 4.04. The number of hydrogen-bond donors (Lipinski definition) is 1. The number of rotatable bonds is 6. The summed E-state index contributed by atoms with van der Waals surface area (Å²) in [4.78, 5) is 17.2. The van der Waals surface area contributed by atoms with E-state index in [0.29, 0.717) is 5.69 Å². The van der Waals surface area contributed by atoms with Crippen LogP contribution in [0.3, 0.4) is 0 Å². The predicted molar refractivity (Wildman–Crippen MR) is 108 cm³/mol. The molecule has 0 radical (unpaired) electrons. The van der Waals surface area contributed by atoms with E-state index in [0.717, 1.165) is 36.7 Å². The van der Waals surface area contributed by atoms with Crippen molar-refractivity contribution in [3.63, 3.8) is 0 Å². The zero-order valence-electron chi connectivity index (χ0n) is 17.9. The number of halogens is 3. The van der Waals surface area contributed by atoms with E-state index in [9.17, 15) is 18.0 Å². The molecule has 3 aromatic rings. The molecule has 1 N–H and O–H groups in total. The summed E-state index contributed by atoms with van der Waals surface area (Å²) in [5.74, 6) is -0.311. The van der Waals surface area contributed by atoms with Crippen LogP contribution < -0.4 is 5.32 Å². The lowest BCUT2D eigenvalue weighted by Gasteiger charge is -2.14. The first-order chi connectivity index (χ1) is 14.6. The number of nitrogens with zero attached hydrogens (tertiary/aromatic N) is 5. The maximum atomic E-state index is 13.7. The summed E-state index contributed by atoms with van der Waals surface area (Å²) in [6, 6.07) is 0.839. The molecule has 0 aromatic carbocycles. The van der Waals surface area contributed by atoms with Crippen LogP contribution in [0.5, 0.6) is 0 Å². The molecule has 3 heterocycles. The summed E-state index contributed by atoms with van der Waals surface area (Å²) >= 11 is 0. The van der Waals surface area contributed by atoms with Crippen molar-refractivity contribution in [1.82, 2.24) is 29.9 Å². The van der Waals surface area contributed by atoms with Gasteiger partial charge in [-0.25, -0.2) is 9.67 Å². The smallest absolute Gasteiger partial charge is 0.348 e. The summed E-state index contributed by atoms with van der Waals surface area (Å²) < 4.78 is 44.2. The molecule has 0 spiro atoms. The van der Waals surface area contributed by atoms with Crippen LogP contribution in [0.4, 0.5) is 13.2 Å². The van der Waals surface area contributed by atoms with Crippen LogP contribution >= 0.6 is 0 Å². The van der Waals surface area contributed by atoms with Crippen molar-refractivity contribution in [3.8, 4) is 0 Å². The largest absolute Gasteiger partial charge is 0.417 e. The molecule has 1 atom stereocenters. The number of amides is 1. The second kappa shape index (κ2) is 7.65. The number of aromatic nitrogens is 5. The molecule has 0 aliphatic heterocycles. The summed E-state index contributed by atoms with van der Waals surface area (Å²) in [5, 5.41) is 11.4. The van der Waals surface area contributed by atoms with Gasteiger partial charge in [0.05, 0.1) is 28.4 Å². The van der Waals surface area contributed by atoms with Crippen LogP contribution in [0.2, 0.25) is 0 Å². The maximum Gasteiger partial charge on any atom is 0.417 e. The summed E-state index contributed by atoms with van der Waals surface area (Å²) in [5.41, 5.74) is 1.70. The number of carbonyl (C=O) groups is 1. The number of carbonyl (C=O) groups excluding carboxylic acids is 1. The number of nitrogens with one attached hydrogen (secondary N) is 1. The van der Waals surface area contributed by atoms with E-state index in [1.165, 1.54) is 11.6 Å². The third kappa shape index (κ3) is 4.15. The molecular formula is C21H25F3N6O. The topological polar surface area (TPSA) is 77.6 Å². The Labute approximate surface area is 177 Å². The van der Waals surface area contributed by atoms with Gasteiger partial charge in [0.1, 0.15) is 6.54 Å². The third-order valence-electron chi connectivity index (χ3n) is 5.64. The molecule has 0 saturated heterocycles. The standard InChI is InChI=1S/C21H25F3N6O/c1-5-29-9-15(12(3)27-29)11(2)25-18(31)10-30-20-19(13(4)28-30)16(21(22,23)24)8-17(26-20)14-6-7-14/h8-9,11,14H,5-7,10H2,1-4H3,(H,25,31). The van der Waals surface area contributed by atoms with Crippen LogP contribution in [0.25, 0.3) is 11.0 Å². The molecule has 0 bridgehead atoms. The molecule has 10 heteroatoms. The fourth-order valence-electron chi connectivity index (χ4n) is 3.92. The van der Waals surface area contributed by atoms with E-state index >= 15 is 0 Å². The van der Waals surface area contributed by atoms with E-state index < -0.39 is 11.7 Å². The fraction of sp³-hybridized carbons (Fsp3) is 0.524. The highest BCUT2D eigenvalue weighted by Gasteiger charge is 2.37. The highest BCUT2D eigenvalue weighted by molar-refractivity contribution is 5.85. The van der Waals surface area contributed by atoms with Crippen LogP contribution in [-0.2, 0) is 24.1 Å². The number of hydrogen-bond acceptors (Lipinski definition) is 4. The van der Waals surface area contributed by atoms with E-state index in [1.807, 2.05) is 27.0 Å². The second-order valence-electron chi connectivity index (χ2n) is 8.12. The first-order valence-corrected chi connectivity index (χ1v) is 10.4. The van der Waals surface area contributed by atoms with Crippen molar-refractivity contribution in [2.24, 2.45) is 0 Å². The molecule has 3 aromatic heterocycles. The Morgan fingerprint density at radius 3 is 2.55 bits per heavy atom. The average molecular weight is 434 g/mol. The minimum Gasteiger partial charge on any atom is -0.348 e. The van der Waals surface area contributed by atoms with Gasteiger partial charge < -0.3 is 5.32 Å². The Bertz CT molecular complexity index is 1140. The van der Waals surface area contributed by atoms with Crippen molar-refractivity contribution in [3.05, 3.63) is 40.5 Å². The maximum absolute atomic E-state index is 13.7. The van der Waals surface area contributed by atoms with Gasteiger partial charge in [0.25, 0.3) is 0 Å². The zero-order chi connectivity index (χ0) is 22.5. The summed E-state index contributed by atoms with van der Waals surface area (Å²) in [7, 11) is 0. The highest BCUT2D eigenvalue weighted by Crippen LogP contribution is 2.43. The van der Waals surface area contributed by atoms with Gasteiger partial charge >= 0.3 is 6.18 Å². The van der Waals surface area contributed by atoms with Gasteiger partial charge in [-0.05, 0) is 46.6 Å². The fourth-order valence-corrected chi connectivity index (χ4v) is 3.92. The quantitative estimate of drug-likeness (QED) is 0.635. The molecule has 31 heavy (non-hydrogen) atoms. The SMILES string of the molecule is CCn1cc(C(C)NC(=O)Cn2nc(C)c3c(C(F)(F)F)cc(C4CC4)nc32)c(C)n1. The average Bonchev–Trinajstić information content (AvgIpc) is 3.40. The number of alkyl halides is 3. The molecule has 7 nitrogen and oxygen atoms in total. The summed E-state index contributed by atoms with van der Waals surface area (Å²) in [6.07, 6.45) is -0.985. The highest BCUT2D eigenvalue weighted by atomic mass is 19.4. The molecule has 1 aliphatic rings. The molecule has 1 unspecified atom stereocenters. The van der Waals surface area contributed by atoms with E-state index in [-0.39, 0.29) is 41.1 Å². The Morgan fingerprint density at radius 1 is 1.26 bits per heavy atom. The van der Waals surface area contributed by atoms with Crippen molar-refractivity contribution >= 4 is 16.9 Å². The Balaban J connectivity index is 1.63. The first kappa shape index (κ1) is 21.3. The molecule has 4 rings (SSSR count). The van der Waals surface area contributed by atoms with Crippen molar-refractivity contribution in [2.75, 3.05) is 0 Å². The van der Waals surface area contributed by atoms with Crippen LogP contribution in [0, 0.1) is 13.8 Å². The zero-order valence-corrected chi connectivity index (χ0v) is 17.9.